The number of aliphatic hydroxyl groups is 1. The van der Waals surface area contributed by atoms with Gasteiger partial charge in [-0.15, -0.1) is 0 Å². The number of hydrogen-bond donors (Lipinski definition) is 1. The molecular weight excluding hydrogens is 274 g/mol. The Hall–Kier alpha value is -0.870. The van der Waals surface area contributed by atoms with E-state index in [0.717, 1.165) is 37.7 Å². The van der Waals surface area contributed by atoms with E-state index in [9.17, 15) is 5.11 Å². The summed E-state index contributed by atoms with van der Waals surface area (Å²) in [7, 11) is 0. The molecule has 2 rings (SSSR count). The Bertz CT molecular complexity index is 459. The third kappa shape index (κ3) is 3.41. The van der Waals surface area contributed by atoms with Gasteiger partial charge in [-0.05, 0) is 30.6 Å². The van der Waals surface area contributed by atoms with Crippen LogP contribution in [0.4, 0.5) is 5.82 Å². The Balaban J connectivity index is 2.17. The number of aromatic nitrogens is 2. The average Bonchev–Trinajstić information content (AvgIpc) is 2.63. The lowest BCUT2D eigenvalue weighted by atomic mass is 9.77. The molecule has 0 radical (unpaired) electrons. The lowest BCUT2D eigenvalue weighted by Crippen LogP contribution is -2.28. The van der Waals surface area contributed by atoms with E-state index in [1.165, 1.54) is 12.7 Å². The van der Waals surface area contributed by atoms with Gasteiger partial charge in [-0.25, -0.2) is 9.97 Å². The van der Waals surface area contributed by atoms with Crippen molar-refractivity contribution in [2.45, 2.75) is 46.6 Å². The van der Waals surface area contributed by atoms with Gasteiger partial charge in [0.25, 0.3) is 0 Å². The van der Waals surface area contributed by atoms with Crippen LogP contribution >= 0.6 is 11.6 Å². The number of nitrogens with zero attached hydrogens (tertiary/aromatic N) is 3. The molecule has 1 aromatic heterocycles. The maximum absolute atomic E-state index is 9.49. The van der Waals surface area contributed by atoms with Crippen molar-refractivity contribution in [3.05, 3.63) is 17.0 Å². The highest BCUT2D eigenvalue weighted by Crippen LogP contribution is 2.35. The molecule has 1 saturated heterocycles. The molecule has 1 aliphatic rings. The van der Waals surface area contributed by atoms with Gasteiger partial charge in [-0.1, -0.05) is 32.4 Å². The van der Waals surface area contributed by atoms with Crippen LogP contribution in [-0.2, 0) is 6.61 Å². The molecular formula is C15H24ClN3O. The van der Waals surface area contributed by atoms with E-state index in [1.54, 1.807) is 0 Å². The van der Waals surface area contributed by atoms with E-state index in [2.05, 4.69) is 35.6 Å². The van der Waals surface area contributed by atoms with E-state index < -0.39 is 0 Å². The van der Waals surface area contributed by atoms with Crippen molar-refractivity contribution in [3.63, 3.8) is 0 Å². The molecule has 0 bridgehead atoms. The summed E-state index contributed by atoms with van der Waals surface area (Å²) in [5, 5.41) is 9.85. The standard InChI is InChI=1S/C15H24ClN3O/c1-15(2,3)11-5-4-7-19(8-6-11)14-12(9-20)13(16)17-10-18-14/h10-11,20H,4-9H2,1-3H3. The summed E-state index contributed by atoms with van der Waals surface area (Å²) in [4.78, 5) is 10.5. The number of halogens is 1. The largest absolute Gasteiger partial charge is 0.391 e. The van der Waals surface area contributed by atoms with Crippen LogP contribution in [-0.4, -0.2) is 28.2 Å². The van der Waals surface area contributed by atoms with Crippen LogP contribution in [0.2, 0.25) is 5.15 Å². The van der Waals surface area contributed by atoms with Gasteiger partial charge in [0, 0.05) is 13.1 Å². The third-order valence-electron chi connectivity index (χ3n) is 4.28. The molecule has 1 aromatic rings. The van der Waals surface area contributed by atoms with Gasteiger partial charge in [-0.2, -0.15) is 0 Å². The van der Waals surface area contributed by atoms with Crippen LogP contribution in [0.1, 0.15) is 45.6 Å². The highest BCUT2D eigenvalue weighted by Gasteiger charge is 2.28. The van der Waals surface area contributed by atoms with E-state index in [4.69, 9.17) is 11.6 Å². The van der Waals surface area contributed by atoms with Crippen LogP contribution in [0.25, 0.3) is 0 Å². The molecule has 1 atom stereocenters. The highest BCUT2D eigenvalue weighted by atomic mass is 35.5. The zero-order chi connectivity index (χ0) is 14.8. The van der Waals surface area contributed by atoms with Crippen LogP contribution in [0.15, 0.2) is 6.33 Å². The van der Waals surface area contributed by atoms with Crippen LogP contribution in [0, 0.1) is 11.3 Å². The Morgan fingerprint density at radius 2 is 2.05 bits per heavy atom. The van der Waals surface area contributed by atoms with E-state index in [0.29, 0.717) is 16.1 Å². The molecule has 1 N–H and O–H groups in total. The first-order valence-electron chi connectivity index (χ1n) is 7.28. The fourth-order valence-electron chi connectivity index (χ4n) is 2.96. The lowest BCUT2D eigenvalue weighted by molar-refractivity contribution is 0.220. The molecule has 1 unspecified atom stereocenters. The first-order chi connectivity index (χ1) is 9.43. The van der Waals surface area contributed by atoms with Gasteiger partial charge < -0.3 is 10.0 Å². The molecule has 2 heterocycles. The van der Waals surface area contributed by atoms with Crippen molar-refractivity contribution in [2.75, 3.05) is 18.0 Å². The van der Waals surface area contributed by atoms with Crippen molar-refractivity contribution in [3.8, 4) is 0 Å². The topological polar surface area (TPSA) is 49.2 Å². The fraction of sp³-hybridized carbons (Fsp3) is 0.733. The van der Waals surface area contributed by atoms with Crippen molar-refractivity contribution < 1.29 is 5.11 Å². The van der Waals surface area contributed by atoms with Crippen LogP contribution in [0.5, 0.6) is 0 Å². The Labute approximate surface area is 126 Å². The van der Waals surface area contributed by atoms with Crippen molar-refractivity contribution in [2.24, 2.45) is 11.3 Å². The summed E-state index contributed by atoms with van der Waals surface area (Å²) in [5.74, 6) is 1.52. The molecule has 0 spiro atoms. The molecule has 1 fully saturated rings. The van der Waals surface area contributed by atoms with E-state index in [-0.39, 0.29) is 6.61 Å². The minimum absolute atomic E-state index is 0.117. The zero-order valence-electron chi connectivity index (χ0n) is 12.6. The summed E-state index contributed by atoms with van der Waals surface area (Å²) in [6.45, 7) is 8.75. The summed E-state index contributed by atoms with van der Waals surface area (Å²) in [5.41, 5.74) is 0.988. The number of anilines is 1. The maximum atomic E-state index is 9.49. The second-order valence-electron chi connectivity index (χ2n) is 6.61. The van der Waals surface area contributed by atoms with Gasteiger partial charge in [0.1, 0.15) is 17.3 Å². The Morgan fingerprint density at radius 3 is 2.70 bits per heavy atom. The third-order valence-corrected chi connectivity index (χ3v) is 4.61. The van der Waals surface area contributed by atoms with Crippen LogP contribution in [0.3, 0.4) is 0 Å². The van der Waals surface area contributed by atoms with Gasteiger partial charge in [0.2, 0.25) is 0 Å². The number of rotatable bonds is 2. The molecule has 112 valence electrons. The van der Waals surface area contributed by atoms with E-state index in [1.807, 2.05) is 0 Å². The zero-order valence-corrected chi connectivity index (χ0v) is 13.3. The minimum Gasteiger partial charge on any atom is -0.391 e. The van der Waals surface area contributed by atoms with Gasteiger partial charge in [0.15, 0.2) is 0 Å². The summed E-state index contributed by atoms with van der Waals surface area (Å²) >= 11 is 6.05. The quantitative estimate of drug-likeness (QED) is 0.851. The normalized spacial score (nSPS) is 20.9. The van der Waals surface area contributed by atoms with Gasteiger partial charge >= 0.3 is 0 Å². The fourth-order valence-corrected chi connectivity index (χ4v) is 3.15. The van der Waals surface area contributed by atoms with Gasteiger partial charge in [0.05, 0.1) is 12.2 Å². The average molecular weight is 298 g/mol. The SMILES string of the molecule is CC(C)(C)C1CCCN(c2ncnc(Cl)c2CO)CC1. The molecule has 0 aliphatic carbocycles. The maximum Gasteiger partial charge on any atom is 0.140 e. The Kier molecular flexibility index (Phi) is 4.86. The smallest absolute Gasteiger partial charge is 0.140 e. The number of hydrogen-bond acceptors (Lipinski definition) is 4. The summed E-state index contributed by atoms with van der Waals surface area (Å²) in [6.07, 6.45) is 5.01. The van der Waals surface area contributed by atoms with Gasteiger partial charge in [-0.3, -0.25) is 0 Å². The molecule has 5 heteroatoms. The number of aliphatic hydroxyl groups excluding tert-OH is 1. The first kappa shape index (κ1) is 15.5. The molecule has 0 amide bonds. The monoisotopic (exact) mass is 297 g/mol. The summed E-state index contributed by atoms with van der Waals surface area (Å²) in [6, 6.07) is 0. The summed E-state index contributed by atoms with van der Waals surface area (Å²) < 4.78 is 0. The molecule has 20 heavy (non-hydrogen) atoms. The van der Waals surface area contributed by atoms with Crippen LogP contribution < -0.4 is 4.90 Å². The predicted octanol–water partition coefficient (Wildman–Crippen LogP) is 3.27. The molecule has 0 aromatic carbocycles. The molecule has 1 aliphatic heterocycles. The minimum atomic E-state index is -0.117. The molecule has 4 nitrogen and oxygen atoms in total. The van der Waals surface area contributed by atoms with Crippen molar-refractivity contribution in [1.29, 1.82) is 0 Å². The predicted molar refractivity (Wildman–Crippen MR) is 82.0 cm³/mol. The molecule has 0 saturated carbocycles. The lowest BCUT2D eigenvalue weighted by Gasteiger charge is -2.30. The first-order valence-corrected chi connectivity index (χ1v) is 7.66. The van der Waals surface area contributed by atoms with Crippen molar-refractivity contribution >= 4 is 17.4 Å². The van der Waals surface area contributed by atoms with E-state index >= 15 is 0 Å². The Morgan fingerprint density at radius 1 is 1.30 bits per heavy atom. The second kappa shape index (κ2) is 6.27. The highest BCUT2D eigenvalue weighted by molar-refractivity contribution is 6.30. The van der Waals surface area contributed by atoms with Crippen molar-refractivity contribution in [1.82, 2.24) is 9.97 Å². The second-order valence-corrected chi connectivity index (χ2v) is 6.96.